The topological polar surface area (TPSA) is 74.8 Å². The predicted octanol–water partition coefficient (Wildman–Crippen LogP) is 5.16. The van der Waals surface area contributed by atoms with Crippen LogP contribution in [0.15, 0.2) is 71.9 Å². The maximum atomic E-state index is 13.4. The van der Waals surface area contributed by atoms with Crippen molar-refractivity contribution in [2.45, 2.75) is 19.0 Å². The van der Waals surface area contributed by atoms with Crippen molar-refractivity contribution in [3.63, 3.8) is 0 Å². The van der Waals surface area contributed by atoms with Crippen molar-refractivity contribution in [2.24, 2.45) is 0 Å². The summed E-state index contributed by atoms with van der Waals surface area (Å²) in [6, 6.07) is 14.9. The fourth-order valence-corrected chi connectivity index (χ4v) is 5.41. The Balaban J connectivity index is 1.10. The van der Waals surface area contributed by atoms with Crippen LogP contribution in [-0.4, -0.2) is 54.6 Å². The fraction of sp³-hybridized carbons (Fsp3) is 0.296. The Bertz CT molecular complexity index is 1340. The van der Waals surface area contributed by atoms with Crippen molar-refractivity contribution in [2.75, 3.05) is 37.6 Å². The van der Waals surface area contributed by atoms with Crippen molar-refractivity contribution in [3.8, 4) is 5.06 Å². The van der Waals surface area contributed by atoms with Gasteiger partial charge in [0.05, 0.1) is 17.3 Å². The van der Waals surface area contributed by atoms with E-state index in [0.29, 0.717) is 29.8 Å². The molecule has 11 heteroatoms. The number of alkyl halides is 3. The maximum absolute atomic E-state index is 13.4. The molecule has 0 aliphatic carbocycles. The summed E-state index contributed by atoms with van der Waals surface area (Å²) < 4.78 is 45.4. The summed E-state index contributed by atoms with van der Waals surface area (Å²) in [6.45, 7) is 2.07. The number of amides is 2. The Morgan fingerprint density at radius 3 is 2.37 bits per heavy atom. The van der Waals surface area contributed by atoms with Crippen molar-refractivity contribution in [1.29, 1.82) is 0 Å². The van der Waals surface area contributed by atoms with E-state index >= 15 is 0 Å². The number of hydrogen-bond acceptors (Lipinski definition) is 6. The molecule has 1 N–H and O–H groups in total. The average Bonchev–Trinajstić information content (AvgIpc) is 3.62. The Hall–Kier alpha value is -3.86. The van der Waals surface area contributed by atoms with E-state index in [1.807, 2.05) is 35.2 Å². The first-order chi connectivity index (χ1) is 18.3. The van der Waals surface area contributed by atoms with Gasteiger partial charge in [0.15, 0.2) is 5.13 Å². The second-order valence-corrected chi connectivity index (χ2v) is 10.1. The number of thiazole rings is 1. The van der Waals surface area contributed by atoms with E-state index in [9.17, 15) is 22.8 Å². The normalized spacial score (nSPS) is 15.1. The summed E-state index contributed by atoms with van der Waals surface area (Å²) in [7, 11) is 0. The molecule has 2 aliphatic heterocycles. The molecular weight excluding hydrogens is 517 g/mol. The molecule has 0 radical (unpaired) electrons. The van der Waals surface area contributed by atoms with Gasteiger partial charge in [0.1, 0.15) is 0 Å². The van der Waals surface area contributed by atoms with Gasteiger partial charge in [-0.2, -0.15) is 13.2 Å². The van der Waals surface area contributed by atoms with Crippen molar-refractivity contribution in [1.82, 2.24) is 15.2 Å². The standard InChI is InChI=1S/C27H25F3N4O3S/c28-27(29,30)22-11-5-4-10-21(22)24(35)33-14-19-16-34(17-20(19)15-33)25-32-13-23(38-25)37-26(36)31-12-6-9-18-7-2-1-3-8-18/h1-5,7-8,10-11,13H,6,9,12,14-17H2,(H,31,36). The van der Waals surface area contributed by atoms with Crippen LogP contribution in [0.5, 0.6) is 5.06 Å². The number of rotatable bonds is 7. The van der Waals surface area contributed by atoms with Gasteiger partial charge in [0.2, 0.25) is 5.06 Å². The molecule has 0 unspecified atom stereocenters. The highest BCUT2D eigenvalue weighted by molar-refractivity contribution is 7.17. The average molecular weight is 543 g/mol. The van der Waals surface area contributed by atoms with E-state index in [-0.39, 0.29) is 18.7 Å². The van der Waals surface area contributed by atoms with Gasteiger partial charge in [-0.1, -0.05) is 53.8 Å². The van der Waals surface area contributed by atoms with E-state index in [1.54, 1.807) is 0 Å². The molecular formula is C27H25F3N4O3S. The van der Waals surface area contributed by atoms with Crippen LogP contribution in [0.2, 0.25) is 0 Å². The number of nitrogens with zero attached hydrogens (tertiary/aromatic N) is 3. The monoisotopic (exact) mass is 542 g/mol. The highest BCUT2D eigenvalue weighted by Crippen LogP contribution is 2.36. The third-order valence-corrected chi connectivity index (χ3v) is 7.40. The lowest BCUT2D eigenvalue weighted by atomic mass is 10.1. The molecule has 3 heterocycles. The zero-order valence-electron chi connectivity index (χ0n) is 20.3. The third kappa shape index (κ3) is 5.83. The molecule has 2 aliphatic rings. The lowest BCUT2D eigenvalue weighted by Gasteiger charge is -2.23. The summed E-state index contributed by atoms with van der Waals surface area (Å²) in [5.74, 6) is -0.626. The number of aryl methyl sites for hydroxylation is 1. The molecule has 7 nitrogen and oxygen atoms in total. The van der Waals surface area contributed by atoms with Crippen molar-refractivity contribution >= 4 is 28.5 Å². The molecule has 0 saturated heterocycles. The Morgan fingerprint density at radius 1 is 0.974 bits per heavy atom. The predicted molar refractivity (Wildman–Crippen MR) is 137 cm³/mol. The summed E-state index contributed by atoms with van der Waals surface area (Å²) >= 11 is 1.24. The summed E-state index contributed by atoms with van der Waals surface area (Å²) in [5, 5.41) is 3.78. The van der Waals surface area contributed by atoms with Crippen LogP contribution in [0, 0.1) is 0 Å². The summed E-state index contributed by atoms with van der Waals surface area (Å²) in [6.07, 6.45) is -1.99. The van der Waals surface area contributed by atoms with E-state index in [2.05, 4.69) is 10.3 Å². The van der Waals surface area contributed by atoms with Crippen molar-refractivity contribution < 1.29 is 27.5 Å². The number of carbonyl (C=O) groups excluding carboxylic acids is 2. The maximum Gasteiger partial charge on any atom is 0.417 e. The smallest absolute Gasteiger partial charge is 0.397 e. The van der Waals surface area contributed by atoms with Crippen LogP contribution < -0.4 is 15.0 Å². The second-order valence-electron chi connectivity index (χ2n) is 9.14. The van der Waals surface area contributed by atoms with Gasteiger partial charge in [-0.15, -0.1) is 0 Å². The van der Waals surface area contributed by atoms with Crippen LogP contribution in [0.3, 0.4) is 0 Å². The van der Waals surface area contributed by atoms with Gasteiger partial charge in [-0.25, -0.2) is 9.78 Å². The molecule has 2 amide bonds. The molecule has 0 atom stereocenters. The SMILES string of the molecule is O=C(NCCCc1ccccc1)Oc1cnc(N2CC3=C(CN(C(=O)c4ccccc4C(F)(F)F)C3)C2)s1. The first-order valence-electron chi connectivity index (χ1n) is 12.1. The zero-order chi connectivity index (χ0) is 26.7. The second kappa shape index (κ2) is 10.9. The van der Waals surface area contributed by atoms with Gasteiger partial charge < -0.3 is 19.9 Å². The molecule has 3 aromatic rings. The first kappa shape index (κ1) is 25.8. The van der Waals surface area contributed by atoms with E-state index in [0.717, 1.165) is 30.1 Å². The molecule has 1 aromatic heterocycles. The Labute approximate surface area is 221 Å². The highest BCUT2D eigenvalue weighted by Gasteiger charge is 2.38. The van der Waals surface area contributed by atoms with Crippen LogP contribution in [0.1, 0.15) is 27.9 Å². The van der Waals surface area contributed by atoms with Gasteiger partial charge in [0, 0.05) is 32.7 Å². The number of hydrogen-bond donors (Lipinski definition) is 1. The zero-order valence-corrected chi connectivity index (χ0v) is 21.1. The van der Waals surface area contributed by atoms with E-state index in [1.165, 1.54) is 46.2 Å². The summed E-state index contributed by atoms with van der Waals surface area (Å²) in [5.41, 5.74) is 1.94. The Kier molecular flexibility index (Phi) is 7.37. The number of nitrogens with one attached hydrogen (secondary N) is 1. The lowest BCUT2D eigenvalue weighted by Crippen LogP contribution is -2.35. The fourth-order valence-electron chi connectivity index (χ4n) is 4.65. The van der Waals surface area contributed by atoms with Gasteiger partial charge in [0.25, 0.3) is 5.91 Å². The highest BCUT2D eigenvalue weighted by atomic mass is 32.1. The Morgan fingerprint density at radius 2 is 1.66 bits per heavy atom. The minimum absolute atomic E-state index is 0.275. The molecule has 0 saturated carbocycles. The molecule has 38 heavy (non-hydrogen) atoms. The number of anilines is 1. The van der Waals surface area contributed by atoms with E-state index < -0.39 is 23.7 Å². The van der Waals surface area contributed by atoms with Crippen LogP contribution >= 0.6 is 11.3 Å². The molecule has 0 fully saturated rings. The van der Waals surface area contributed by atoms with Gasteiger partial charge in [-0.3, -0.25) is 4.79 Å². The molecule has 2 aromatic carbocycles. The quantitative estimate of drug-likeness (QED) is 0.330. The van der Waals surface area contributed by atoms with Crippen molar-refractivity contribution in [3.05, 3.63) is 88.6 Å². The number of carbonyl (C=O) groups is 2. The summed E-state index contributed by atoms with van der Waals surface area (Å²) in [4.78, 5) is 32.8. The number of aromatic nitrogens is 1. The molecule has 0 bridgehead atoms. The third-order valence-electron chi connectivity index (χ3n) is 6.47. The van der Waals surface area contributed by atoms with Gasteiger partial charge in [-0.05, 0) is 41.7 Å². The van der Waals surface area contributed by atoms with Gasteiger partial charge >= 0.3 is 12.3 Å². The molecule has 5 rings (SSSR count). The van der Waals surface area contributed by atoms with Crippen LogP contribution in [0.4, 0.5) is 23.1 Å². The molecule has 0 spiro atoms. The minimum Gasteiger partial charge on any atom is -0.397 e. The number of ether oxygens (including phenoxy) is 1. The minimum atomic E-state index is -4.59. The van der Waals surface area contributed by atoms with E-state index in [4.69, 9.17) is 4.74 Å². The lowest BCUT2D eigenvalue weighted by molar-refractivity contribution is -0.138. The first-order valence-corrected chi connectivity index (χ1v) is 13.0. The number of benzene rings is 2. The largest absolute Gasteiger partial charge is 0.417 e. The van der Waals surface area contributed by atoms with Crippen LogP contribution in [-0.2, 0) is 12.6 Å². The van der Waals surface area contributed by atoms with Crippen LogP contribution in [0.25, 0.3) is 0 Å². The number of halogens is 3. The molecule has 198 valence electrons.